The lowest BCUT2D eigenvalue weighted by Gasteiger charge is -2.42. The van der Waals surface area contributed by atoms with Crippen molar-refractivity contribution in [2.24, 2.45) is 0 Å². The van der Waals surface area contributed by atoms with E-state index in [2.05, 4.69) is 10.3 Å². The van der Waals surface area contributed by atoms with Crippen molar-refractivity contribution in [3.63, 3.8) is 0 Å². The van der Waals surface area contributed by atoms with Crippen molar-refractivity contribution in [3.8, 4) is 0 Å². The summed E-state index contributed by atoms with van der Waals surface area (Å²) in [4.78, 5) is 15.6. The Hall–Kier alpha value is -2.10. The third-order valence-corrected chi connectivity index (χ3v) is 4.04. The highest BCUT2D eigenvalue weighted by molar-refractivity contribution is 5.92. The number of para-hydroxylation sites is 1. The fourth-order valence-electron chi connectivity index (χ4n) is 2.94. The molecule has 0 amide bonds. The van der Waals surface area contributed by atoms with E-state index >= 15 is 0 Å². The van der Waals surface area contributed by atoms with E-state index in [9.17, 15) is 4.79 Å². The molecule has 1 aliphatic rings. The molecule has 0 spiro atoms. The summed E-state index contributed by atoms with van der Waals surface area (Å²) < 4.78 is 0. The molecule has 0 aliphatic heterocycles. The molecule has 1 saturated carbocycles. The zero-order valence-corrected chi connectivity index (χ0v) is 11.5. The highest BCUT2D eigenvalue weighted by atomic mass is 16.4. The van der Waals surface area contributed by atoms with E-state index in [1.54, 1.807) is 0 Å². The summed E-state index contributed by atoms with van der Waals surface area (Å²) in [6.45, 7) is 1.96. The molecule has 104 valence electrons. The van der Waals surface area contributed by atoms with Gasteiger partial charge in [-0.05, 0) is 38.3 Å². The molecule has 0 radical (unpaired) electrons. The first kappa shape index (κ1) is 12.9. The van der Waals surface area contributed by atoms with E-state index in [0.717, 1.165) is 41.5 Å². The van der Waals surface area contributed by atoms with Crippen LogP contribution in [0.15, 0.2) is 30.3 Å². The number of carboxylic acids is 1. The van der Waals surface area contributed by atoms with Crippen LogP contribution in [0.2, 0.25) is 0 Å². The fraction of sp³-hybridized carbons (Fsp3) is 0.375. The molecule has 0 bridgehead atoms. The zero-order valence-electron chi connectivity index (χ0n) is 11.5. The van der Waals surface area contributed by atoms with Crippen molar-refractivity contribution >= 4 is 22.6 Å². The maximum Gasteiger partial charge on any atom is 0.305 e. The number of rotatable bonds is 4. The molecular weight excluding hydrogens is 252 g/mol. The number of nitrogens with one attached hydrogen (secondary N) is 1. The van der Waals surface area contributed by atoms with E-state index in [0.29, 0.717) is 0 Å². The quantitative estimate of drug-likeness (QED) is 0.894. The Morgan fingerprint density at radius 1 is 1.40 bits per heavy atom. The first-order valence-electron chi connectivity index (χ1n) is 6.94. The van der Waals surface area contributed by atoms with Crippen molar-refractivity contribution in [1.29, 1.82) is 0 Å². The van der Waals surface area contributed by atoms with Crippen molar-refractivity contribution < 1.29 is 9.90 Å². The fourth-order valence-corrected chi connectivity index (χ4v) is 2.94. The van der Waals surface area contributed by atoms with Crippen LogP contribution in [0.25, 0.3) is 10.9 Å². The molecule has 2 N–H and O–H groups in total. The number of nitrogens with zero attached hydrogens (tertiary/aromatic N) is 1. The second kappa shape index (κ2) is 4.78. The van der Waals surface area contributed by atoms with Gasteiger partial charge in [-0.3, -0.25) is 9.78 Å². The van der Waals surface area contributed by atoms with Crippen LogP contribution in [0.5, 0.6) is 0 Å². The van der Waals surface area contributed by atoms with E-state index in [-0.39, 0.29) is 12.0 Å². The van der Waals surface area contributed by atoms with E-state index in [1.807, 2.05) is 37.3 Å². The molecular formula is C16H18N2O2. The molecule has 3 rings (SSSR count). The molecule has 20 heavy (non-hydrogen) atoms. The molecule has 1 heterocycles. The molecule has 1 aromatic carbocycles. The Kier molecular flexibility index (Phi) is 3.08. The number of hydrogen-bond donors (Lipinski definition) is 2. The summed E-state index contributed by atoms with van der Waals surface area (Å²) in [5.41, 5.74) is 2.59. The van der Waals surface area contributed by atoms with Gasteiger partial charge in [0, 0.05) is 22.3 Å². The number of carboxylic acid groups (broad SMARTS) is 1. The maximum absolute atomic E-state index is 11.1. The standard InChI is InChI=1S/C16H18N2O2/c1-11-9-14(12-5-2-3-6-13(12)17-11)18-16(7-4-8-16)10-15(19)20/h2-3,5-6,9H,4,7-8,10H2,1H3,(H,17,18)(H,19,20). The number of fused-ring (bicyclic) bond motifs is 1. The number of aryl methyl sites for hydroxylation is 1. The maximum atomic E-state index is 11.1. The first-order valence-corrected chi connectivity index (χ1v) is 6.94. The molecule has 1 aromatic heterocycles. The summed E-state index contributed by atoms with van der Waals surface area (Å²) >= 11 is 0. The van der Waals surface area contributed by atoms with E-state index < -0.39 is 5.97 Å². The van der Waals surface area contributed by atoms with Crippen LogP contribution in [0, 0.1) is 6.92 Å². The molecule has 4 heteroatoms. The Labute approximate surface area is 117 Å². The smallest absolute Gasteiger partial charge is 0.305 e. The molecule has 0 atom stereocenters. The number of carbonyl (C=O) groups is 1. The molecule has 1 fully saturated rings. The minimum Gasteiger partial charge on any atom is -0.481 e. The lowest BCUT2D eigenvalue weighted by atomic mass is 9.74. The van der Waals surface area contributed by atoms with Crippen LogP contribution >= 0.6 is 0 Å². The second-order valence-corrected chi connectivity index (χ2v) is 5.66. The van der Waals surface area contributed by atoms with Crippen LogP contribution in [0.3, 0.4) is 0 Å². The van der Waals surface area contributed by atoms with Crippen LogP contribution in [-0.4, -0.2) is 21.6 Å². The van der Waals surface area contributed by atoms with Crippen LogP contribution in [-0.2, 0) is 4.79 Å². The SMILES string of the molecule is Cc1cc(NC2(CC(=O)O)CCC2)c2ccccc2n1. The summed E-state index contributed by atoms with van der Waals surface area (Å²) in [7, 11) is 0. The van der Waals surface area contributed by atoms with Crippen molar-refractivity contribution in [2.45, 2.75) is 38.1 Å². The highest BCUT2D eigenvalue weighted by Gasteiger charge is 2.39. The Balaban J connectivity index is 1.99. The summed E-state index contributed by atoms with van der Waals surface area (Å²) in [6, 6.07) is 9.96. The van der Waals surface area contributed by atoms with E-state index in [4.69, 9.17) is 5.11 Å². The van der Waals surface area contributed by atoms with Crippen molar-refractivity contribution in [1.82, 2.24) is 4.98 Å². The van der Waals surface area contributed by atoms with Gasteiger partial charge in [0.05, 0.1) is 11.9 Å². The number of pyridine rings is 1. The third kappa shape index (κ3) is 2.33. The molecule has 0 unspecified atom stereocenters. The average Bonchev–Trinajstić information content (AvgIpc) is 2.35. The minimum absolute atomic E-state index is 0.169. The topological polar surface area (TPSA) is 62.2 Å². The Bertz CT molecular complexity index is 663. The number of anilines is 1. The van der Waals surface area contributed by atoms with Gasteiger partial charge in [-0.2, -0.15) is 0 Å². The molecule has 2 aromatic rings. The number of benzene rings is 1. The number of aromatic nitrogens is 1. The summed E-state index contributed by atoms with van der Waals surface area (Å²) in [5.74, 6) is -0.743. The predicted molar refractivity (Wildman–Crippen MR) is 78.9 cm³/mol. The lowest BCUT2D eigenvalue weighted by Crippen LogP contribution is -2.46. The van der Waals surface area contributed by atoms with Gasteiger partial charge in [-0.1, -0.05) is 18.2 Å². The van der Waals surface area contributed by atoms with Crippen LogP contribution in [0.4, 0.5) is 5.69 Å². The van der Waals surface area contributed by atoms with Gasteiger partial charge in [0.1, 0.15) is 0 Å². The molecule has 0 saturated heterocycles. The highest BCUT2D eigenvalue weighted by Crippen LogP contribution is 2.39. The van der Waals surface area contributed by atoms with Crippen LogP contribution in [0.1, 0.15) is 31.4 Å². The molecule has 1 aliphatic carbocycles. The number of hydrogen-bond acceptors (Lipinski definition) is 3. The number of aliphatic carboxylic acids is 1. The normalized spacial score (nSPS) is 16.6. The zero-order chi connectivity index (χ0) is 14.2. The minimum atomic E-state index is -0.743. The Morgan fingerprint density at radius 3 is 2.80 bits per heavy atom. The lowest BCUT2D eigenvalue weighted by molar-refractivity contribution is -0.138. The van der Waals surface area contributed by atoms with Crippen LogP contribution < -0.4 is 5.32 Å². The third-order valence-electron chi connectivity index (χ3n) is 4.04. The Morgan fingerprint density at radius 2 is 2.15 bits per heavy atom. The van der Waals surface area contributed by atoms with Gasteiger partial charge < -0.3 is 10.4 Å². The van der Waals surface area contributed by atoms with Gasteiger partial charge in [-0.25, -0.2) is 0 Å². The first-order chi connectivity index (χ1) is 9.58. The summed E-state index contributed by atoms with van der Waals surface area (Å²) in [5, 5.41) is 13.6. The van der Waals surface area contributed by atoms with Gasteiger partial charge in [0.25, 0.3) is 0 Å². The van der Waals surface area contributed by atoms with Crippen molar-refractivity contribution in [2.75, 3.05) is 5.32 Å². The predicted octanol–water partition coefficient (Wildman–Crippen LogP) is 3.35. The van der Waals surface area contributed by atoms with Gasteiger partial charge >= 0.3 is 5.97 Å². The van der Waals surface area contributed by atoms with Gasteiger partial charge in [-0.15, -0.1) is 0 Å². The monoisotopic (exact) mass is 270 g/mol. The van der Waals surface area contributed by atoms with Crippen molar-refractivity contribution in [3.05, 3.63) is 36.0 Å². The largest absolute Gasteiger partial charge is 0.481 e. The molecule has 4 nitrogen and oxygen atoms in total. The second-order valence-electron chi connectivity index (χ2n) is 5.66. The van der Waals surface area contributed by atoms with E-state index in [1.165, 1.54) is 0 Å². The summed E-state index contributed by atoms with van der Waals surface area (Å²) in [6.07, 6.45) is 3.08. The van der Waals surface area contributed by atoms with Gasteiger partial charge in [0.15, 0.2) is 0 Å². The average molecular weight is 270 g/mol. The van der Waals surface area contributed by atoms with Gasteiger partial charge in [0.2, 0.25) is 0 Å².